The van der Waals surface area contributed by atoms with E-state index in [4.69, 9.17) is 26.5 Å². The Morgan fingerprint density at radius 3 is 2.72 bits per heavy atom. The molecule has 0 unspecified atom stereocenters. The third kappa shape index (κ3) is 2.17. The molecule has 0 aromatic carbocycles. The maximum absolute atomic E-state index is 11.6. The van der Waals surface area contributed by atoms with Crippen molar-refractivity contribution < 1.29 is 9.21 Å². The van der Waals surface area contributed by atoms with Gasteiger partial charge in [-0.3, -0.25) is 10.1 Å². The predicted octanol–water partition coefficient (Wildman–Crippen LogP) is 1.65. The van der Waals surface area contributed by atoms with Gasteiger partial charge in [-0.25, -0.2) is 4.98 Å². The lowest BCUT2D eigenvalue weighted by atomic mass is 10.4. The Labute approximate surface area is 106 Å². The number of amides is 1. The first-order valence-corrected chi connectivity index (χ1v) is 4.98. The maximum atomic E-state index is 11.6. The molecule has 2 rings (SSSR count). The molecule has 7 nitrogen and oxygen atoms in total. The van der Waals surface area contributed by atoms with Crippen molar-refractivity contribution in [3.8, 4) is 12.1 Å². The Hall–Kier alpha value is -2.77. The van der Waals surface area contributed by atoms with Gasteiger partial charge in [-0.1, -0.05) is 0 Å². The lowest BCUT2D eigenvalue weighted by Crippen LogP contribution is -2.11. The molecule has 8 heteroatoms. The lowest BCUT2D eigenvalue weighted by Gasteiger charge is -1.96. The quantitative estimate of drug-likeness (QED) is 0.852. The van der Waals surface area contributed by atoms with Gasteiger partial charge in [-0.15, -0.1) is 0 Å². The van der Waals surface area contributed by atoms with Crippen LogP contribution in [-0.4, -0.2) is 15.9 Å². The van der Waals surface area contributed by atoms with E-state index in [1.807, 2.05) is 0 Å². The van der Waals surface area contributed by atoms with Crippen LogP contribution in [0.1, 0.15) is 21.9 Å². The molecule has 0 saturated heterocycles. The Morgan fingerprint density at radius 1 is 1.44 bits per heavy atom. The summed E-state index contributed by atoms with van der Waals surface area (Å²) in [6, 6.07) is 6.27. The van der Waals surface area contributed by atoms with Crippen LogP contribution in [0.2, 0.25) is 5.22 Å². The molecule has 0 aliphatic heterocycles. The molecular weight excluding hydrogens is 258 g/mol. The number of aromatic amines is 1. The van der Waals surface area contributed by atoms with Crippen LogP contribution in [0.3, 0.4) is 0 Å². The molecule has 2 aromatic heterocycles. The van der Waals surface area contributed by atoms with Gasteiger partial charge < -0.3 is 9.40 Å². The molecule has 0 spiro atoms. The zero-order chi connectivity index (χ0) is 13.1. The number of nitriles is 2. The van der Waals surface area contributed by atoms with Gasteiger partial charge in [0.25, 0.3) is 5.91 Å². The highest BCUT2D eigenvalue weighted by Gasteiger charge is 2.15. The largest absolute Gasteiger partial charge is 0.440 e. The fourth-order valence-electron chi connectivity index (χ4n) is 1.20. The second-order valence-electron chi connectivity index (χ2n) is 3.09. The summed E-state index contributed by atoms with van der Waals surface area (Å²) >= 11 is 5.53. The van der Waals surface area contributed by atoms with Gasteiger partial charge >= 0.3 is 0 Å². The van der Waals surface area contributed by atoms with Gasteiger partial charge in [0.15, 0.2) is 22.4 Å². The summed E-state index contributed by atoms with van der Waals surface area (Å²) in [4.78, 5) is 17.8. The number of hydrogen-bond donors (Lipinski definition) is 2. The van der Waals surface area contributed by atoms with Gasteiger partial charge in [-0.05, 0) is 23.7 Å². The maximum Gasteiger partial charge on any atom is 0.293 e. The summed E-state index contributed by atoms with van der Waals surface area (Å²) in [5, 5.41) is 19.8. The van der Waals surface area contributed by atoms with Crippen molar-refractivity contribution in [3.05, 3.63) is 34.5 Å². The molecule has 18 heavy (non-hydrogen) atoms. The van der Waals surface area contributed by atoms with E-state index in [1.54, 1.807) is 12.1 Å². The van der Waals surface area contributed by atoms with Crippen LogP contribution >= 0.6 is 11.6 Å². The average Bonchev–Trinajstić information content (AvgIpc) is 2.95. The SMILES string of the molecule is N#Cc1nc(NC(=O)c2ccc(Cl)o2)[nH]c1C#N. The van der Waals surface area contributed by atoms with Crippen LogP contribution in [0.15, 0.2) is 16.5 Å². The first kappa shape index (κ1) is 11.7. The van der Waals surface area contributed by atoms with Gasteiger partial charge in [-0.2, -0.15) is 10.5 Å². The Morgan fingerprint density at radius 2 is 2.22 bits per heavy atom. The number of nitrogens with zero attached hydrogens (tertiary/aromatic N) is 3. The molecule has 0 fully saturated rings. The number of rotatable bonds is 2. The smallest absolute Gasteiger partial charge is 0.293 e. The number of carbonyl (C=O) groups excluding carboxylic acids is 1. The Balaban J connectivity index is 2.20. The van der Waals surface area contributed by atoms with E-state index in [-0.39, 0.29) is 28.3 Å². The molecule has 1 amide bonds. The van der Waals surface area contributed by atoms with Crippen LogP contribution in [0.4, 0.5) is 5.95 Å². The van der Waals surface area contributed by atoms with Crippen molar-refractivity contribution in [2.75, 3.05) is 5.32 Å². The number of H-pyrrole nitrogens is 1. The van der Waals surface area contributed by atoms with E-state index in [0.717, 1.165) is 0 Å². The van der Waals surface area contributed by atoms with Gasteiger partial charge in [0, 0.05) is 0 Å². The summed E-state index contributed by atoms with van der Waals surface area (Å²) < 4.78 is 4.89. The van der Waals surface area contributed by atoms with Crippen molar-refractivity contribution in [3.63, 3.8) is 0 Å². The van der Waals surface area contributed by atoms with Crippen LogP contribution in [-0.2, 0) is 0 Å². The minimum absolute atomic E-state index is 0.00610. The minimum Gasteiger partial charge on any atom is -0.440 e. The lowest BCUT2D eigenvalue weighted by molar-refractivity contribution is 0.0996. The first-order chi connectivity index (χ1) is 8.63. The van der Waals surface area contributed by atoms with Gasteiger partial charge in [0.05, 0.1) is 0 Å². The van der Waals surface area contributed by atoms with Crippen molar-refractivity contribution in [1.29, 1.82) is 10.5 Å². The van der Waals surface area contributed by atoms with Crippen LogP contribution < -0.4 is 5.32 Å². The third-order valence-corrected chi connectivity index (χ3v) is 2.15. The standard InChI is InChI=1S/C10H4ClN5O2/c11-8-2-1-7(18-8)9(17)16-10-14-5(3-12)6(4-13)15-10/h1-2H,(H2,14,15,16,17). The van der Waals surface area contributed by atoms with Crippen LogP contribution in [0, 0.1) is 22.7 Å². The van der Waals surface area contributed by atoms with E-state index >= 15 is 0 Å². The van der Waals surface area contributed by atoms with Gasteiger partial charge in [0.1, 0.15) is 12.1 Å². The molecule has 2 aromatic rings. The normalized spacial score (nSPS) is 9.50. The average molecular weight is 262 g/mol. The van der Waals surface area contributed by atoms with Crippen molar-refractivity contribution in [2.24, 2.45) is 0 Å². The third-order valence-electron chi connectivity index (χ3n) is 1.95. The number of nitrogens with one attached hydrogen (secondary N) is 2. The topological polar surface area (TPSA) is 118 Å². The van der Waals surface area contributed by atoms with E-state index in [0.29, 0.717) is 0 Å². The van der Waals surface area contributed by atoms with Crippen molar-refractivity contribution in [1.82, 2.24) is 9.97 Å². The monoisotopic (exact) mass is 261 g/mol. The number of furan rings is 1. The number of hydrogen-bond acceptors (Lipinski definition) is 5. The predicted molar refractivity (Wildman–Crippen MR) is 59.7 cm³/mol. The zero-order valence-electron chi connectivity index (χ0n) is 8.69. The van der Waals surface area contributed by atoms with E-state index in [9.17, 15) is 4.79 Å². The summed E-state index contributed by atoms with van der Waals surface area (Å²) in [7, 11) is 0. The summed E-state index contributed by atoms with van der Waals surface area (Å²) in [5.74, 6) is -0.612. The summed E-state index contributed by atoms with van der Waals surface area (Å²) in [6.07, 6.45) is 0. The molecule has 88 valence electrons. The minimum atomic E-state index is -0.593. The Kier molecular flexibility index (Phi) is 3.00. The molecular formula is C10H4ClN5O2. The fraction of sp³-hybridized carbons (Fsp3) is 0. The molecule has 0 aliphatic carbocycles. The van der Waals surface area contributed by atoms with Crippen LogP contribution in [0.25, 0.3) is 0 Å². The molecule has 0 aliphatic rings. The second-order valence-corrected chi connectivity index (χ2v) is 3.46. The summed E-state index contributed by atoms with van der Waals surface area (Å²) in [6.45, 7) is 0. The molecule has 0 radical (unpaired) electrons. The highest BCUT2D eigenvalue weighted by atomic mass is 35.5. The Bertz CT molecular complexity index is 656. The molecule has 0 bridgehead atoms. The number of imidazole rings is 1. The first-order valence-electron chi connectivity index (χ1n) is 4.61. The van der Waals surface area contributed by atoms with Gasteiger partial charge in [0.2, 0.25) is 5.95 Å². The highest BCUT2D eigenvalue weighted by Crippen LogP contribution is 2.15. The van der Waals surface area contributed by atoms with E-state index < -0.39 is 5.91 Å². The number of aromatic nitrogens is 2. The van der Waals surface area contributed by atoms with E-state index in [2.05, 4.69) is 15.3 Å². The van der Waals surface area contributed by atoms with Crippen molar-refractivity contribution >= 4 is 23.5 Å². The number of carbonyl (C=O) groups is 1. The van der Waals surface area contributed by atoms with Crippen molar-refractivity contribution in [2.45, 2.75) is 0 Å². The molecule has 2 heterocycles. The van der Waals surface area contributed by atoms with Crippen LogP contribution in [0.5, 0.6) is 0 Å². The number of halogens is 1. The molecule has 2 N–H and O–H groups in total. The zero-order valence-corrected chi connectivity index (χ0v) is 9.45. The number of anilines is 1. The highest BCUT2D eigenvalue weighted by molar-refractivity contribution is 6.29. The molecule has 0 saturated carbocycles. The summed E-state index contributed by atoms with van der Waals surface area (Å²) in [5.41, 5.74) is -0.115. The molecule has 0 atom stereocenters. The fourth-order valence-corrected chi connectivity index (χ4v) is 1.35. The van der Waals surface area contributed by atoms with E-state index in [1.165, 1.54) is 12.1 Å². The second kappa shape index (κ2) is 4.62.